The molecule has 3 aromatic rings. The number of carbonyl (C=O) groups excluding carboxylic acids is 1. The van der Waals surface area contributed by atoms with E-state index >= 15 is 0 Å². The van der Waals surface area contributed by atoms with E-state index in [4.69, 9.17) is 8.76 Å². The van der Waals surface area contributed by atoms with E-state index in [2.05, 4.69) is 38.0 Å². The van der Waals surface area contributed by atoms with Crippen molar-refractivity contribution < 1.29 is 13.6 Å². The van der Waals surface area contributed by atoms with Crippen molar-refractivity contribution in [2.24, 2.45) is 11.1 Å². The molecule has 3 aromatic heterocycles. The predicted molar refractivity (Wildman–Crippen MR) is 124 cm³/mol. The maximum atomic E-state index is 12.9. The van der Waals surface area contributed by atoms with Crippen LogP contribution in [0.15, 0.2) is 30.7 Å². The number of piperidine rings is 1. The van der Waals surface area contributed by atoms with Crippen molar-refractivity contribution in [2.45, 2.75) is 19.8 Å². The van der Waals surface area contributed by atoms with Gasteiger partial charge in [-0.15, -0.1) is 0 Å². The van der Waals surface area contributed by atoms with E-state index in [0.717, 1.165) is 67.6 Å². The predicted octanol–water partition coefficient (Wildman–Crippen LogP) is 1.82. The molecule has 5 heterocycles. The zero-order valence-corrected chi connectivity index (χ0v) is 18.9. The number of piperazine rings is 1. The summed E-state index contributed by atoms with van der Waals surface area (Å²) in [7, 11) is 0. The molecule has 2 atom stereocenters. The molecule has 0 bridgehead atoms. The fraction of sp³-hybridized carbons (Fsp3) is 0.476. The fourth-order valence-electron chi connectivity index (χ4n) is 4.60. The lowest BCUT2D eigenvalue weighted by Crippen LogP contribution is -2.54. The molecule has 5 rings (SSSR count). The molecule has 2 fully saturated rings. The summed E-state index contributed by atoms with van der Waals surface area (Å²) in [4.78, 5) is 31.4. The van der Waals surface area contributed by atoms with Crippen LogP contribution >= 0.6 is 0 Å². The van der Waals surface area contributed by atoms with Gasteiger partial charge in [0.2, 0.25) is 0 Å². The Kier molecular flexibility index (Phi) is 6.87. The zero-order chi connectivity index (χ0) is 22.7. The number of urea groups is 1. The van der Waals surface area contributed by atoms with E-state index in [9.17, 15) is 4.79 Å². The number of anilines is 1. The number of hydrogen-bond acceptors (Lipinski definition) is 6. The first kappa shape index (κ1) is 22.4. The maximum absolute atomic E-state index is 12.9. The summed E-state index contributed by atoms with van der Waals surface area (Å²) in [6.07, 6.45) is 7.98. The van der Waals surface area contributed by atoms with Crippen molar-refractivity contribution in [3.63, 3.8) is 0 Å². The number of rotatable bonds is 1. The highest BCUT2D eigenvalue weighted by Gasteiger charge is 2.28. The van der Waals surface area contributed by atoms with Gasteiger partial charge in [-0.1, -0.05) is 6.92 Å². The Balaban J connectivity index is 0.000000567. The molecule has 0 radical (unpaired) electrons. The van der Waals surface area contributed by atoms with E-state index in [1.165, 1.54) is 12.1 Å². The lowest BCUT2D eigenvalue weighted by Gasteiger charge is -2.40. The van der Waals surface area contributed by atoms with Crippen LogP contribution in [-0.2, 0) is 11.3 Å². The number of fused-ring (bicyclic) bond motifs is 3. The number of nitrogens with zero attached hydrogens (tertiary/aromatic N) is 5. The molecule has 2 unspecified atom stereocenters. The number of H-pyrrole nitrogens is 1. The Morgan fingerprint density at radius 2 is 1.94 bits per heavy atom. The normalized spacial score (nSPS) is 20.2. The third-order valence-corrected chi connectivity index (χ3v) is 6.09. The largest absolute Gasteiger partial charge is 0.760 e. The Morgan fingerprint density at radius 1 is 1.19 bits per heavy atom. The smallest absolute Gasteiger partial charge is 0.320 e. The standard InChI is InChI=1S/C21H26N6O.H3NO2S/c1-15-3-2-8-27(14-15)21(28)26-11-9-25(10-12-26)18-5-7-22-17-13-24-20-16(19(17)18)4-6-23-20;1-4(2)3/h4-7,13,15,22H,2-3,8-12,14H2,1H3;1H2,(H,2,3)/p-1. The summed E-state index contributed by atoms with van der Waals surface area (Å²) in [5, 5.41) is 6.26. The maximum Gasteiger partial charge on any atom is 0.320 e. The first-order valence-electron chi connectivity index (χ1n) is 10.8. The van der Waals surface area contributed by atoms with Crippen molar-refractivity contribution in [3.05, 3.63) is 30.7 Å². The first-order chi connectivity index (χ1) is 15.4. The number of nitrogens with two attached hydrogens (primary N) is 1. The summed E-state index contributed by atoms with van der Waals surface area (Å²) in [5.41, 5.74) is 2.98. The van der Waals surface area contributed by atoms with E-state index < -0.39 is 11.3 Å². The van der Waals surface area contributed by atoms with Gasteiger partial charge in [-0.25, -0.2) is 14.8 Å². The molecule has 2 aliphatic rings. The van der Waals surface area contributed by atoms with Gasteiger partial charge >= 0.3 is 6.03 Å². The van der Waals surface area contributed by atoms with Crippen LogP contribution in [0.3, 0.4) is 0 Å². The molecule has 0 aromatic carbocycles. The lowest BCUT2D eigenvalue weighted by molar-refractivity contribution is 0.129. The second kappa shape index (κ2) is 9.80. The third-order valence-electron chi connectivity index (χ3n) is 6.09. The highest BCUT2D eigenvalue weighted by molar-refractivity contribution is 7.76. The van der Waals surface area contributed by atoms with Gasteiger partial charge < -0.3 is 24.2 Å². The molecule has 172 valence electrons. The number of likely N-dealkylation sites (tertiary alicyclic amines) is 1. The van der Waals surface area contributed by atoms with E-state index in [1.54, 1.807) is 0 Å². The molecule has 0 saturated carbocycles. The third kappa shape index (κ3) is 4.84. The minimum atomic E-state index is -2.36. The minimum Gasteiger partial charge on any atom is -0.760 e. The van der Waals surface area contributed by atoms with Crippen LogP contribution in [0.2, 0.25) is 0 Å². The van der Waals surface area contributed by atoms with Gasteiger partial charge in [0.1, 0.15) is 0 Å². The van der Waals surface area contributed by atoms with Crippen LogP contribution in [0.25, 0.3) is 21.9 Å². The van der Waals surface area contributed by atoms with E-state index in [1.807, 2.05) is 34.5 Å². The van der Waals surface area contributed by atoms with Crippen LogP contribution in [-0.4, -0.2) is 78.8 Å². The van der Waals surface area contributed by atoms with Crippen LogP contribution in [0.4, 0.5) is 10.5 Å². The Bertz CT molecular complexity index is 1110. The number of amides is 2. The van der Waals surface area contributed by atoms with Crippen LogP contribution in [0.5, 0.6) is 0 Å². The van der Waals surface area contributed by atoms with Gasteiger partial charge in [-0.3, -0.25) is 9.35 Å². The molecular weight excluding hydrogens is 430 g/mol. The number of nitrogens with one attached hydrogen (secondary N) is 1. The van der Waals surface area contributed by atoms with Gasteiger partial charge in [-0.05, 0) is 30.9 Å². The van der Waals surface area contributed by atoms with Crippen molar-refractivity contribution in [1.29, 1.82) is 0 Å². The molecule has 2 aliphatic heterocycles. The molecule has 10 nitrogen and oxygen atoms in total. The van der Waals surface area contributed by atoms with Crippen LogP contribution in [0, 0.1) is 5.92 Å². The first-order valence-corrected chi connectivity index (χ1v) is 11.9. The fourth-order valence-corrected chi connectivity index (χ4v) is 4.60. The summed E-state index contributed by atoms with van der Waals surface area (Å²) < 4.78 is 17.6. The molecule has 2 amide bonds. The lowest BCUT2D eigenvalue weighted by atomic mass is 10.0. The van der Waals surface area contributed by atoms with Gasteiger partial charge in [0.05, 0.1) is 11.7 Å². The van der Waals surface area contributed by atoms with Gasteiger partial charge in [0.15, 0.2) is 5.65 Å². The average molecular weight is 459 g/mol. The molecular formula is C21H28N7O3S-. The summed E-state index contributed by atoms with van der Waals surface area (Å²) in [6.45, 7) is 7.24. The number of aromatic amines is 1. The molecule has 0 spiro atoms. The number of aromatic nitrogens is 3. The Hall–Kier alpha value is -2.76. The zero-order valence-electron chi connectivity index (χ0n) is 18.1. The second-order valence-electron chi connectivity index (χ2n) is 8.30. The minimum absolute atomic E-state index is 0.212. The monoisotopic (exact) mass is 458 g/mol. The summed E-state index contributed by atoms with van der Waals surface area (Å²) in [6, 6.07) is 4.36. The summed E-state index contributed by atoms with van der Waals surface area (Å²) >= 11 is -2.36. The van der Waals surface area contributed by atoms with Crippen molar-refractivity contribution >= 4 is 44.9 Å². The molecule has 11 heteroatoms. The Labute approximate surface area is 189 Å². The quantitative estimate of drug-likeness (QED) is 0.534. The van der Waals surface area contributed by atoms with Gasteiger partial charge in [0, 0.05) is 79.4 Å². The SMILES string of the molecule is CC1CCCN(C(=O)N2CCN(c3cc[nH]c4cnc5nccc5c34)CC2)C1.NS(=O)[O-]. The van der Waals surface area contributed by atoms with Crippen LogP contribution < -0.4 is 10.0 Å². The topological polar surface area (TPSA) is 135 Å². The van der Waals surface area contributed by atoms with E-state index in [0.29, 0.717) is 5.92 Å². The molecule has 2 saturated heterocycles. The van der Waals surface area contributed by atoms with Crippen LogP contribution in [0.1, 0.15) is 19.8 Å². The number of hydrogen-bond donors (Lipinski definition) is 2. The Morgan fingerprint density at radius 3 is 2.66 bits per heavy atom. The van der Waals surface area contributed by atoms with E-state index in [-0.39, 0.29) is 6.03 Å². The highest BCUT2D eigenvalue weighted by Crippen LogP contribution is 2.31. The van der Waals surface area contributed by atoms with Crippen molar-refractivity contribution in [2.75, 3.05) is 44.2 Å². The highest BCUT2D eigenvalue weighted by atomic mass is 32.2. The van der Waals surface area contributed by atoms with Gasteiger partial charge in [0.25, 0.3) is 0 Å². The second-order valence-corrected chi connectivity index (χ2v) is 8.82. The molecule has 3 N–H and O–H groups in total. The summed E-state index contributed by atoms with van der Waals surface area (Å²) in [5.74, 6) is 0.611. The number of carbonyl (C=O) groups is 1. The average Bonchev–Trinajstić information content (AvgIpc) is 3.27. The van der Waals surface area contributed by atoms with Gasteiger partial charge in [-0.2, -0.15) is 0 Å². The molecule has 32 heavy (non-hydrogen) atoms. The van der Waals surface area contributed by atoms with Crippen molar-refractivity contribution in [1.82, 2.24) is 24.8 Å². The number of pyridine rings is 2. The molecule has 0 aliphatic carbocycles. The van der Waals surface area contributed by atoms with Crippen molar-refractivity contribution in [3.8, 4) is 0 Å².